The molecule has 2 heterocycles. The van der Waals surface area contributed by atoms with E-state index in [0.29, 0.717) is 5.82 Å². The number of hydrogen-bond acceptors (Lipinski definition) is 3. The van der Waals surface area contributed by atoms with Gasteiger partial charge in [-0.1, -0.05) is 0 Å². The number of nitrogens with zero attached hydrogens (tertiary/aromatic N) is 3. The van der Waals surface area contributed by atoms with Crippen LogP contribution in [0.2, 0.25) is 0 Å². The highest BCUT2D eigenvalue weighted by molar-refractivity contribution is 5.79. The molecule has 4 aromatic rings. The van der Waals surface area contributed by atoms with E-state index in [9.17, 15) is 4.39 Å². The fourth-order valence-electron chi connectivity index (χ4n) is 2.84. The predicted octanol–water partition coefficient (Wildman–Crippen LogP) is 4.29. The Labute approximate surface area is 150 Å². The molecule has 0 aliphatic heterocycles. The zero-order valence-electron chi connectivity index (χ0n) is 14.4. The van der Waals surface area contributed by atoms with Crippen molar-refractivity contribution in [1.29, 1.82) is 0 Å². The molecule has 5 nitrogen and oxygen atoms in total. The van der Waals surface area contributed by atoms with Crippen molar-refractivity contribution in [2.75, 3.05) is 7.11 Å². The number of methoxy groups -OCH3 is 1. The van der Waals surface area contributed by atoms with Crippen LogP contribution in [-0.2, 0) is 7.05 Å². The molecule has 0 amide bonds. The van der Waals surface area contributed by atoms with E-state index in [4.69, 9.17) is 9.72 Å². The number of aryl methyl sites for hydroxylation is 1. The zero-order chi connectivity index (χ0) is 18.1. The van der Waals surface area contributed by atoms with E-state index >= 15 is 0 Å². The van der Waals surface area contributed by atoms with Gasteiger partial charge in [-0.05, 0) is 48.5 Å². The van der Waals surface area contributed by atoms with Crippen molar-refractivity contribution < 1.29 is 9.13 Å². The van der Waals surface area contributed by atoms with Crippen LogP contribution in [0.3, 0.4) is 0 Å². The van der Waals surface area contributed by atoms with Crippen LogP contribution in [0.1, 0.15) is 0 Å². The zero-order valence-corrected chi connectivity index (χ0v) is 14.4. The summed E-state index contributed by atoms with van der Waals surface area (Å²) in [5, 5.41) is 0. The highest BCUT2D eigenvalue weighted by atomic mass is 19.1. The number of rotatable bonds is 4. The standard InChI is InChI=1S/C20H17FN4O/c1-25-12-11-22-20(25)18-17(13-5-9-16(26-2)10-6-13)23-19(24-18)14-3-7-15(21)8-4-14/h3-12H,1-2H3,(H,23,24). The van der Waals surface area contributed by atoms with E-state index < -0.39 is 0 Å². The molecule has 0 radical (unpaired) electrons. The minimum atomic E-state index is -0.278. The fourth-order valence-corrected chi connectivity index (χ4v) is 2.84. The summed E-state index contributed by atoms with van der Waals surface area (Å²) in [5.41, 5.74) is 3.33. The Balaban J connectivity index is 1.87. The van der Waals surface area contributed by atoms with Crippen LogP contribution in [0.4, 0.5) is 4.39 Å². The molecule has 0 aliphatic rings. The van der Waals surface area contributed by atoms with Gasteiger partial charge in [0.05, 0.1) is 7.11 Å². The van der Waals surface area contributed by atoms with Crippen molar-refractivity contribution in [2.45, 2.75) is 0 Å². The highest BCUT2D eigenvalue weighted by Crippen LogP contribution is 2.32. The van der Waals surface area contributed by atoms with Gasteiger partial charge in [-0.25, -0.2) is 14.4 Å². The third-order valence-electron chi connectivity index (χ3n) is 4.23. The van der Waals surface area contributed by atoms with Gasteiger partial charge in [0.25, 0.3) is 0 Å². The molecule has 0 aliphatic carbocycles. The lowest BCUT2D eigenvalue weighted by molar-refractivity contribution is 0.415. The van der Waals surface area contributed by atoms with Crippen LogP contribution in [0.15, 0.2) is 60.9 Å². The first-order valence-corrected chi connectivity index (χ1v) is 8.14. The van der Waals surface area contributed by atoms with E-state index in [-0.39, 0.29) is 5.82 Å². The number of nitrogens with one attached hydrogen (secondary N) is 1. The Bertz CT molecular complexity index is 1030. The first-order chi connectivity index (χ1) is 12.7. The Morgan fingerprint density at radius 1 is 1.00 bits per heavy atom. The number of hydrogen-bond donors (Lipinski definition) is 1. The van der Waals surface area contributed by atoms with Crippen molar-refractivity contribution in [1.82, 2.24) is 19.5 Å². The molecule has 130 valence electrons. The van der Waals surface area contributed by atoms with Gasteiger partial charge >= 0.3 is 0 Å². The minimum absolute atomic E-state index is 0.278. The molecule has 4 rings (SSSR count). The second-order valence-corrected chi connectivity index (χ2v) is 5.91. The molecule has 0 saturated carbocycles. The van der Waals surface area contributed by atoms with E-state index in [1.165, 1.54) is 12.1 Å². The van der Waals surface area contributed by atoms with Gasteiger partial charge in [0.2, 0.25) is 0 Å². The number of H-pyrrole nitrogens is 1. The SMILES string of the molecule is COc1ccc(-c2nc(-c3ccc(F)cc3)[nH]c2-c2nccn2C)cc1. The maximum absolute atomic E-state index is 13.2. The summed E-state index contributed by atoms with van der Waals surface area (Å²) in [4.78, 5) is 12.5. The van der Waals surface area contributed by atoms with Crippen LogP contribution in [0.25, 0.3) is 34.2 Å². The summed E-state index contributed by atoms with van der Waals surface area (Å²) in [6, 6.07) is 13.9. The van der Waals surface area contributed by atoms with Gasteiger partial charge in [-0.3, -0.25) is 0 Å². The molecule has 0 spiro atoms. The van der Waals surface area contributed by atoms with Crippen LogP contribution in [0, 0.1) is 5.82 Å². The average molecular weight is 348 g/mol. The molecule has 0 unspecified atom stereocenters. The molecule has 1 N–H and O–H groups in total. The average Bonchev–Trinajstić information content (AvgIpc) is 3.28. The maximum Gasteiger partial charge on any atom is 0.158 e. The lowest BCUT2D eigenvalue weighted by Crippen LogP contribution is -1.93. The second kappa shape index (κ2) is 6.48. The summed E-state index contributed by atoms with van der Waals surface area (Å²) in [6.07, 6.45) is 3.62. The topological polar surface area (TPSA) is 55.7 Å². The molecule has 0 saturated heterocycles. The van der Waals surface area contributed by atoms with Gasteiger partial charge in [-0.15, -0.1) is 0 Å². The number of ether oxygens (including phenoxy) is 1. The number of halogens is 1. The van der Waals surface area contributed by atoms with Crippen molar-refractivity contribution in [3.05, 3.63) is 66.7 Å². The summed E-state index contributed by atoms with van der Waals surface area (Å²) in [5.74, 6) is 1.94. The Morgan fingerprint density at radius 2 is 1.69 bits per heavy atom. The molecular weight excluding hydrogens is 331 g/mol. The molecule has 0 fully saturated rings. The van der Waals surface area contributed by atoms with E-state index in [1.807, 2.05) is 42.1 Å². The largest absolute Gasteiger partial charge is 0.497 e. The van der Waals surface area contributed by atoms with Crippen molar-refractivity contribution in [2.24, 2.45) is 7.05 Å². The maximum atomic E-state index is 13.2. The van der Waals surface area contributed by atoms with Crippen LogP contribution in [-0.4, -0.2) is 26.6 Å². The minimum Gasteiger partial charge on any atom is -0.497 e. The Hall–Kier alpha value is -3.41. The van der Waals surface area contributed by atoms with Crippen LogP contribution in [0.5, 0.6) is 5.75 Å². The van der Waals surface area contributed by atoms with Gasteiger partial charge < -0.3 is 14.3 Å². The summed E-state index contributed by atoms with van der Waals surface area (Å²) < 4.78 is 20.4. The monoisotopic (exact) mass is 348 g/mol. The normalized spacial score (nSPS) is 10.9. The Kier molecular flexibility index (Phi) is 4.01. The predicted molar refractivity (Wildman–Crippen MR) is 98.2 cm³/mol. The van der Waals surface area contributed by atoms with Gasteiger partial charge in [0, 0.05) is 30.6 Å². The van der Waals surface area contributed by atoms with Gasteiger partial charge in [0.15, 0.2) is 5.82 Å². The summed E-state index contributed by atoms with van der Waals surface area (Å²) >= 11 is 0. The number of aromatic amines is 1. The Morgan fingerprint density at radius 3 is 2.31 bits per heavy atom. The van der Waals surface area contributed by atoms with Crippen molar-refractivity contribution >= 4 is 0 Å². The number of aromatic nitrogens is 4. The molecule has 0 bridgehead atoms. The van der Waals surface area contributed by atoms with E-state index in [0.717, 1.165) is 34.1 Å². The molecule has 26 heavy (non-hydrogen) atoms. The van der Waals surface area contributed by atoms with Crippen molar-refractivity contribution in [3.8, 4) is 39.9 Å². The smallest absolute Gasteiger partial charge is 0.158 e. The van der Waals surface area contributed by atoms with Gasteiger partial charge in [0.1, 0.15) is 28.8 Å². The molecule has 2 aromatic carbocycles. The van der Waals surface area contributed by atoms with Crippen LogP contribution < -0.4 is 4.74 Å². The number of imidazole rings is 2. The summed E-state index contributed by atoms with van der Waals surface area (Å²) in [6.45, 7) is 0. The first kappa shape index (κ1) is 16.1. The quantitative estimate of drug-likeness (QED) is 0.598. The second-order valence-electron chi connectivity index (χ2n) is 5.91. The third kappa shape index (κ3) is 2.86. The van der Waals surface area contributed by atoms with Crippen molar-refractivity contribution in [3.63, 3.8) is 0 Å². The fraction of sp³-hybridized carbons (Fsp3) is 0.100. The first-order valence-electron chi connectivity index (χ1n) is 8.14. The molecule has 6 heteroatoms. The third-order valence-corrected chi connectivity index (χ3v) is 4.23. The van der Waals surface area contributed by atoms with E-state index in [2.05, 4.69) is 9.97 Å². The lowest BCUT2D eigenvalue weighted by atomic mass is 10.1. The molecule has 2 aromatic heterocycles. The van der Waals surface area contributed by atoms with Crippen LogP contribution >= 0.6 is 0 Å². The lowest BCUT2D eigenvalue weighted by Gasteiger charge is -2.04. The summed E-state index contributed by atoms with van der Waals surface area (Å²) in [7, 11) is 3.56. The number of benzene rings is 2. The molecular formula is C20H17FN4O. The van der Waals surface area contributed by atoms with Gasteiger partial charge in [-0.2, -0.15) is 0 Å². The highest BCUT2D eigenvalue weighted by Gasteiger charge is 2.18. The van der Waals surface area contributed by atoms with E-state index in [1.54, 1.807) is 25.4 Å². The molecule has 0 atom stereocenters.